The fourth-order valence-corrected chi connectivity index (χ4v) is 1.42. The maximum Gasteiger partial charge on any atom is 0.238 e. The van der Waals surface area contributed by atoms with Gasteiger partial charge in [0.25, 0.3) is 0 Å². The summed E-state index contributed by atoms with van der Waals surface area (Å²) in [7, 11) is 0. The van der Waals surface area contributed by atoms with E-state index in [1.165, 1.54) is 0 Å². The van der Waals surface area contributed by atoms with Crippen LogP contribution in [0.3, 0.4) is 0 Å². The van der Waals surface area contributed by atoms with Crippen LogP contribution < -0.4 is 16.4 Å². The Hall–Kier alpha value is -1.40. The Labute approximate surface area is 108 Å². The number of anilines is 1. The molecule has 0 spiro atoms. The van der Waals surface area contributed by atoms with E-state index in [1.807, 2.05) is 12.1 Å². The van der Waals surface area contributed by atoms with Crippen molar-refractivity contribution in [3.8, 4) is 0 Å². The zero-order valence-electron chi connectivity index (χ0n) is 9.20. The summed E-state index contributed by atoms with van der Waals surface area (Å²) in [6, 6.07) is 7.28. The van der Waals surface area contributed by atoms with Crippen molar-refractivity contribution < 1.29 is 9.59 Å². The molecular weight excluding hydrogens is 286 g/mol. The highest BCUT2D eigenvalue weighted by atomic mass is 79.9. The molecule has 1 rings (SSSR count). The predicted octanol–water partition coefficient (Wildman–Crippen LogP) is 0.853. The molecule has 0 radical (unpaired) electrons. The number of hydrogen-bond donors (Lipinski definition) is 3. The van der Waals surface area contributed by atoms with E-state index < -0.39 is 0 Å². The lowest BCUT2D eigenvalue weighted by molar-refractivity contribution is -0.118. The summed E-state index contributed by atoms with van der Waals surface area (Å²) >= 11 is 3.31. The van der Waals surface area contributed by atoms with Gasteiger partial charge in [0.1, 0.15) is 0 Å². The number of rotatable bonds is 6. The maximum atomic E-state index is 11.4. The number of nitrogens with one attached hydrogen (secondary N) is 2. The lowest BCUT2D eigenvalue weighted by Crippen LogP contribution is -2.30. The van der Waals surface area contributed by atoms with E-state index >= 15 is 0 Å². The first-order chi connectivity index (χ1) is 8.08. The summed E-state index contributed by atoms with van der Waals surface area (Å²) in [6.45, 7) is 0.562. The summed E-state index contributed by atoms with van der Waals surface area (Å²) in [6.07, 6.45) is 0.228. The molecule has 0 heterocycles. The first kappa shape index (κ1) is 13.7. The molecule has 2 amide bonds. The lowest BCUT2D eigenvalue weighted by Gasteiger charge is -2.06. The Morgan fingerprint density at radius 1 is 1.24 bits per heavy atom. The molecule has 0 unspecified atom stereocenters. The van der Waals surface area contributed by atoms with Crippen LogP contribution in [0.15, 0.2) is 28.7 Å². The second-order valence-corrected chi connectivity index (χ2v) is 4.36. The number of primary amides is 1. The second kappa shape index (κ2) is 7.03. The van der Waals surface area contributed by atoms with Gasteiger partial charge in [-0.1, -0.05) is 15.9 Å². The lowest BCUT2D eigenvalue weighted by atomic mass is 10.3. The highest BCUT2D eigenvalue weighted by Crippen LogP contribution is 2.13. The van der Waals surface area contributed by atoms with Crippen LogP contribution in [0.5, 0.6) is 0 Å². The molecule has 92 valence electrons. The number of hydrogen-bond acceptors (Lipinski definition) is 3. The van der Waals surface area contributed by atoms with Crippen LogP contribution in [0.2, 0.25) is 0 Å². The van der Waals surface area contributed by atoms with Gasteiger partial charge in [0.05, 0.1) is 6.54 Å². The van der Waals surface area contributed by atoms with Gasteiger partial charge >= 0.3 is 0 Å². The summed E-state index contributed by atoms with van der Waals surface area (Å²) in [5, 5.41) is 5.54. The van der Waals surface area contributed by atoms with E-state index in [9.17, 15) is 9.59 Å². The Morgan fingerprint density at radius 2 is 1.88 bits per heavy atom. The minimum Gasteiger partial charge on any atom is -0.370 e. The van der Waals surface area contributed by atoms with E-state index in [4.69, 9.17) is 5.73 Å². The number of carbonyl (C=O) groups is 2. The van der Waals surface area contributed by atoms with Gasteiger partial charge in [0.15, 0.2) is 0 Å². The largest absolute Gasteiger partial charge is 0.370 e. The van der Waals surface area contributed by atoms with Crippen LogP contribution in [0.1, 0.15) is 6.42 Å². The first-order valence-electron chi connectivity index (χ1n) is 5.12. The monoisotopic (exact) mass is 299 g/mol. The Balaban J connectivity index is 2.25. The van der Waals surface area contributed by atoms with Gasteiger partial charge < -0.3 is 16.4 Å². The van der Waals surface area contributed by atoms with E-state index in [0.29, 0.717) is 6.54 Å². The normalized spacial score (nSPS) is 9.94. The standard InChI is InChI=1S/C11H14BrN3O2/c12-8-1-3-9(4-2-8)15-11(17)7-14-6-5-10(13)16/h1-4,14H,5-7H2,(H2,13,16)(H,15,17). The third kappa shape index (κ3) is 6.03. The molecule has 0 saturated carbocycles. The molecule has 0 atom stereocenters. The number of benzene rings is 1. The molecule has 0 aliphatic carbocycles. The molecular formula is C11H14BrN3O2. The topological polar surface area (TPSA) is 84.2 Å². The highest BCUT2D eigenvalue weighted by molar-refractivity contribution is 9.10. The van der Waals surface area contributed by atoms with E-state index in [2.05, 4.69) is 26.6 Å². The van der Waals surface area contributed by atoms with Crippen molar-refractivity contribution >= 4 is 33.4 Å². The van der Waals surface area contributed by atoms with E-state index in [0.717, 1.165) is 10.2 Å². The third-order valence-electron chi connectivity index (χ3n) is 1.96. The number of nitrogens with two attached hydrogens (primary N) is 1. The highest BCUT2D eigenvalue weighted by Gasteiger charge is 2.02. The van der Waals surface area contributed by atoms with Crippen molar-refractivity contribution in [1.82, 2.24) is 5.32 Å². The van der Waals surface area contributed by atoms with Crippen LogP contribution in [0.25, 0.3) is 0 Å². The van der Waals surface area contributed by atoms with Gasteiger partial charge in [-0.25, -0.2) is 0 Å². The van der Waals surface area contributed by atoms with Crippen LogP contribution in [-0.2, 0) is 9.59 Å². The molecule has 0 bridgehead atoms. The predicted molar refractivity (Wildman–Crippen MR) is 69.5 cm³/mol. The van der Waals surface area contributed by atoms with Gasteiger partial charge in [-0.2, -0.15) is 0 Å². The first-order valence-corrected chi connectivity index (χ1v) is 5.91. The maximum absolute atomic E-state index is 11.4. The fourth-order valence-electron chi connectivity index (χ4n) is 1.15. The average Bonchev–Trinajstić information content (AvgIpc) is 2.27. The molecule has 5 nitrogen and oxygen atoms in total. The SMILES string of the molecule is NC(=O)CCNCC(=O)Nc1ccc(Br)cc1. The molecule has 0 aromatic heterocycles. The van der Waals surface area contributed by atoms with Crippen molar-refractivity contribution in [3.05, 3.63) is 28.7 Å². The molecule has 0 aliphatic rings. The summed E-state index contributed by atoms with van der Waals surface area (Å²) < 4.78 is 0.954. The van der Waals surface area contributed by atoms with Crippen LogP contribution in [0.4, 0.5) is 5.69 Å². The van der Waals surface area contributed by atoms with Crippen molar-refractivity contribution in [2.45, 2.75) is 6.42 Å². The van der Waals surface area contributed by atoms with Crippen molar-refractivity contribution in [1.29, 1.82) is 0 Å². The second-order valence-electron chi connectivity index (χ2n) is 3.45. The third-order valence-corrected chi connectivity index (χ3v) is 2.49. The van der Waals surface area contributed by atoms with Gasteiger partial charge in [0.2, 0.25) is 11.8 Å². The molecule has 17 heavy (non-hydrogen) atoms. The van der Waals surface area contributed by atoms with Crippen molar-refractivity contribution in [3.63, 3.8) is 0 Å². The van der Waals surface area contributed by atoms with Gasteiger partial charge in [-0.15, -0.1) is 0 Å². The van der Waals surface area contributed by atoms with Gasteiger partial charge in [-0.3, -0.25) is 9.59 Å². The van der Waals surface area contributed by atoms with E-state index in [-0.39, 0.29) is 24.8 Å². The Kier molecular flexibility index (Phi) is 5.65. The zero-order valence-corrected chi connectivity index (χ0v) is 10.8. The van der Waals surface area contributed by atoms with Crippen LogP contribution in [-0.4, -0.2) is 24.9 Å². The fraction of sp³-hybridized carbons (Fsp3) is 0.273. The van der Waals surface area contributed by atoms with Gasteiger partial charge in [0, 0.05) is 23.1 Å². The van der Waals surface area contributed by atoms with Crippen LogP contribution >= 0.6 is 15.9 Å². The molecule has 0 fully saturated rings. The molecule has 4 N–H and O–H groups in total. The number of amides is 2. The smallest absolute Gasteiger partial charge is 0.238 e. The Bertz CT molecular complexity index is 392. The molecule has 1 aromatic carbocycles. The zero-order chi connectivity index (χ0) is 12.7. The summed E-state index contributed by atoms with van der Waals surface area (Å²) in [5.41, 5.74) is 5.69. The Morgan fingerprint density at radius 3 is 2.47 bits per heavy atom. The van der Waals surface area contributed by atoms with Crippen LogP contribution in [0, 0.1) is 0 Å². The van der Waals surface area contributed by atoms with E-state index in [1.54, 1.807) is 12.1 Å². The quantitative estimate of drug-likeness (QED) is 0.681. The number of halogens is 1. The summed E-state index contributed by atoms with van der Waals surface area (Å²) in [5.74, 6) is -0.539. The molecule has 1 aromatic rings. The van der Waals surface area contributed by atoms with Crippen molar-refractivity contribution in [2.24, 2.45) is 5.73 Å². The molecule has 0 saturated heterocycles. The minimum absolute atomic E-state index is 0.156. The average molecular weight is 300 g/mol. The molecule has 6 heteroatoms. The number of carbonyl (C=O) groups excluding carboxylic acids is 2. The van der Waals surface area contributed by atoms with Gasteiger partial charge in [-0.05, 0) is 24.3 Å². The minimum atomic E-state index is -0.384. The van der Waals surface area contributed by atoms with Crippen molar-refractivity contribution in [2.75, 3.05) is 18.4 Å². The summed E-state index contributed by atoms with van der Waals surface area (Å²) in [4.78, 5) is 21.9. The molecule has 0 aliphatic heterocycles.